The molecule has 0 bridgehead atoms. The highest BCUT2D eigenvalue weighted by Gasteiger charge is 2.40. The topological polar surface area (TPSA) is 46.3 Å². The quantitative estimate of drug-likeness (QED) is 0.512. The van der Waals surface area contributed by atoms with Crippen LogP contribution in [0.4, 0.5) is 18.3 Å². The van der Waals surface area contributed by atoms with Crippen molar-refractivity contribution < 1.29 is 13.2 Å². The Hall–Kier alpha value is -1.87. The van der Waals surface area contributed by atoms with Gasteiger partial charge in [-0.3, -0.25) is 0 Å². The van der Waals surface area contributed by atoms with Gasteiger partial charge in [0.05, 0.1) is 10.6 Å². The SMILES string of the molecule is CCC(CC)c1cc(C)nn2c(-c3sc(N(C)C)nc3Cl)c(C(F)(F)F)nc12. The number of fused-ring (bicyclic) bond motifs is 1. The number of aromatic nitrogens is 4. The predicted octanol–water partition coefficient (Wildman–Crippen LogP) is 5.80. The van der Waals surface area contributed by atoms with Crippen molar-refractivity contribution in [3.63, 3.8) is 0 Å². The van der Waals surface area contributed by atoms with Crippen LogP contribution in [0, 0.1) is 6.92 Å². The van der Waals surface area contributed by atoms with Crippen molar-refractivity contribution >= 4 is 33.7 Å². The zero-order valence-electron chi connectivity index (χ0n) is 16.2. The van der Waals surface area contributed by atoms with Gasteiger partial charge in [-0.05, 0) is 31.7 Å². The average Bonchev–Trinajstić information content (AvgIpc) is 3.16. The third-order valence-corrected chi connectivity index (χ3v) is 6.22. The number of thiazole rings is 1. The summed E-state index contributed by atoms with van der Waals surface area (Å²) in [6.45, 7) is 5.79. The monoisotopic (exact) mass is 431 g/mol. The molecule has 152 valence electrons. The van der Waals surface area contributed by atoms with E-state index in [-0.39, 0.29) is 27.3 Å². The standard InChI is InChI=1S/C18H21ClF3N5S/c1-6-10(7-2)11-8-9(3)25-27-12(14(18(20,21)22)23-16(11)27)13-15(19)24-17(28-13)26(4)5/h8,10H,6-7H2,1-5H3. The van der Waals surface area contributed by atoms with E-state index >= 15 is 0 Å². The summed E-state index contributed by atoms with van der Waals surface area (Å²) in [5.41, 5.74) is 0.457. The second-order valence-corrected chi connectivity index (χ2v) is 8.14. The van der Waals surface area contributed by atoms with E-state index in [1.165, 1.54) is 4.52 Å². The lowest BCUT2D eigenvalue weighted by atomic mass is 9.95. The maximum atomic E-state index is 13.9. The fourth-order valence-corrected chi connectivity index (χ4v) is 4.48. The lowest BCUT2D eigenvalue weighted by Gasteiger charge is -2.14. The Morgan fingerprint density at radius 3 is 2.36 bits per heavy atom. The first kappa shape index (κ1) is 20.9. The first-order chi connectivity index (χ1) is 13.1. The zero-order chi connectivity index (χ0) is 20.8. The molecule has 0 atom stereocenters. The summed E-state index contributed by atoms with van der Waals surface area (Å²) in [7, 11) is 3.51. The third kappa shape index (κ3) is 3.57. The summed E-state index contributed by atoms with van der Waals surface area (Å²) in [4.78, 5) is 10.1. The van der Waals surface area contributed by atoms with Gasteiger partial charge < -0.3 is 4.90 Å². The molecule has 0 fully saturated rings. The molecule has 0 unspecified atom stereocenters. The fourth-order valence-electron chi connectivity index (χ4n) is 3.23. The molecule has 0 spiro atoms. The van der Waals surface area contributed by atoms with Gasteiger partial charge in [0, 0.05) is 19.7 Å². The number of nitrogens with zero attached hydrogens (tertiary/aromatic N) is 5. The summed E-state index contributed by atoms with van der Waals surface area (Å²) in [6.07, 6.45) is -3.05. The van der Waals surface area contributed by atoms with Crippen LogP contribution in [0.15, 0.2) is 6.07 Å². The van der Waals surface area contributed by atoms with E-state index in [1.807, 2.05) is 19.9 Å². The molecule has 0 aliphatic heterocycles. The number of anilines is 1. The Balaban J connectivity index is 2.41. The van der Waals surface area contributed by atoms with Crippen LogP contribution in [0.25, 0.3) is 16.2 Å². The van der Waals surface area contributed by atoms with E-state index in [1.54, 1.807) is 25.9 Å². The van der Waals surface area contributed by atoms with Crippen LogP contribution in [-0.2, 0) is 6.18 Å². The van der Waals surface area contributed by atoms with E-state index in [4.69, 9.17) is 11.6 Å². The van der Waals surface area contributed by atoms with Gasteiger partial charge in [-0.15, -0.1) is 0 Å². The summed E-state index contributed by atoms with van der Waals surface area (Å²) in [6, 6.07) is 1.82. The molecule has 0 aliphatic carbocycles. The molecule has 3 heterocycles. The first-order valence-corrected chi connectivity index (χ1v) is 10.1. The van der Waals surface area contributed by atoms with Crippen molar-refractivity contribution in [1.29, 1.82) is 0 Å². The lowest BCUT2D eigenvalue weighted by Crippen LogP contribution is -2.08. The number of halogens is 4. The molecule has 5 nitrogen and oxygen atoms in total. The Labute approximate surface area is 170 Å². The highest BCUT2D eigenvalue weighted by Crippen LogP contribution is 2.44. The van der Waals surface area contributed by atoms with Crippen LogP contribution < -0.4 is 4.90 Å². The van der Waals surface area contributed by atoms with Gasteiger partial charge in [-0.1, -0.05) is 36.8 Å². The Morgan fingerprint density at radius 1 is 1.21 bits per heavy atom. The van der Waals surface area contributed by atoms with Crippen molar-refractivity contribution in [2.45, 2.75) is 45.7 Å². The van der Waals surface area contributed by atoms with Gasteiger partial charge in [-0.2, -0.15) is 18.3 Å². The molecular formula is C18H21ClF3N5S. The number of imidazole rings is 1. The second kappa shape index (κ2) is 7.51. The van der Waals surface area contributed by atoms with Crippen molar-refractivity contribution in [3.8, 4) is 10.6 Å². The molecule has 0 radical (unpaired) electrons. The summed E-state index contributed by atoms with van der Waals surface area (Å²) < 4.78 is 43.0. The van der Waals surface area contributed by atoms with Crippen LogP contribution >= 0.6 is 22.9 Å². The van der Waals surface area contributed by atoms with Crippen LogP contribution in [0.1, 0.15) is 49.6 Å². The van der Waals surface area contributed by atoms with Crippen LogP contribution in [-0.4, -0.2) is 33.7 Å². The maximum absolute atomic E-state index is 13.9. The van der Waals surface area contributed by atoms with Crippen LogP contribution in [0.5, 0.6) is 0 Å². The van der Waals surface area contributed by atoms with Gasteiger partial charge in [0.25, 0.3) is 0 Å². The summed E-state index contributed by atoms with van der Waals surface area (Å²) in [5.74, 6) is 0.0924. The molecule has 3 aromatic heterocycles. The zero-order valence-corrected chi connectivity index (χ0v) is 17.8. The van der Waals surface area contributed by atoms with E-state index in [9.17, 15) is 13.2 Å². The van der Waals surface area contributed by atoms with Gasteiger partial charge in [0.15, 0.2) is 21.6 Å². The molecular weight excluding hydrogens is 411 g/mol. The Kier molecular flexibility index (Phi) is 5.60. The highest BCUT2D eigenvalue weighted by atomic mass is 35.5. The highest BCUT2D eigenvalue weighted by molar-refractivity contribution is 7.19. The number of hydrogen-bond acceptors (Lipinski definition) is 5. The van der Waals surface area contributed by atoms with Crippen molar-refractivity contribution in [2.24, 2.45) is 0 Å². The molecule has 0 saturated carbocycles. The average molecular weight is 432 g/mol. The number of hydrogen-bond donors (Lipinski definition) is 0. The summed E-state index contributed by atoms with van der Waals surface area (Å²) >= 11 is 7.32. The van der Waals surface area contributed by atoms with Gasteiger partial charge >= 0.3 is 6.18 Å². The van der Waals surface area contributed by atoms with Gasteiger partial charge in [0.2, 0.25) is 0 Å². The van der Waals surface area contributed by atoms with E-state index in [0.717, 1.165) is 29.7 Å². The van der Waals surface area contributed by atoms with E-state index in [0.29, 0.717) is 10.8 Å². The second-order valence-electron chi connectivity index (χ2n) is 6.81. The minimum Gasteiger partial charge on any atom is -0.354 e. The number of rotatable bonds is 5. The first-order valence-electron chi connectivity index (χ1n) is 8.89. The Morgan fingerprint density at radius 2 is 1.86 bits per heavy atom. The van der Waals surface area contributed by atoms with E-state index in [2.05, 4.69) is 15.1 Å². The number of alkyl halides is 3. The normalized spacial score (nSPS) is 12.4. The maximum Gasteiger partial charge on any atom is 0.435 e. The van der Waals surface area contributed by atoms with Crippen molar-refractivity contribution in [1.82, 2.24) is 19.6 Å². The van der Waals surface area contributed by atoms with Crippen molar-refractivity contribution in [3.05, 3.63) is 28.2 Å². The molecule has 0 amide bonds. The molecule has 0 aromatic carbocycles. The molecule has 0 N–H and O–H groups in total. The van der Waals surface area contributed by atoms with Crippen molar-refractivity contribution in [2.75, 3.05) is 19.0 Å². The molecule has 0 aliphatic rings. The molecule has 0 saturated heterocycles. The fraction of sp³-hybridized carbons (Fsp3) is 0.500. The number of aryl methyl sites for hydroxylation is 1. The predicted molar refractivity (Wildman–Crippen MR) is 106 cm³/mol. The minimum absolute atomic E-state index is 0.00777. The minimum atomic E-state index is -4.65. The lowest BCUT2D eigenvalue weighted by molar-refractivity contribution is -0.140. The molecule has 28 heavy (non-hydrogen) atoms. The smallest absolute Gasteiger partial charge is 0.354 e. The third-order valence-electron chi connectivity index (χ3n) is 4.60. The Bertz CT molecular complexity index is 1000. The largest absolute Gasteiger partial charge is 0.435 e. The van der Waals surface area contributed by atoms with Gasteiger partial charge in [0.1, 0.15) is 5.69 Å². The molecule has 10 heteroatoms. The van der Waals surface area contributed by atoms with Crippen LogP contribution in [0.2, 0.25) is 5.15 Å². The summed E-state index contributed by atoms with van der Waals surface area (Å²) in [5, 5.41) is 4.87. The van der Waals surface area contributed by atoms with Gasteiger partial charge in [-0.25, -0.2) is 14.5 Å². The molecule has 3 rings (SSSR count). The van der Waals surface area contributed by atoms with E-state index < -0.39 is 11.9 Å². The van der Waals surface area contributed by atoms with Crippen LogP contribution in [0.3, 0.4) is 0 Å². The molecule has 3 aromatic rings.